The van der Waals surface area contributed by atoms with E-state index in [0.717, 1.165) is 44.1 Å². The summed E-state index contributed by atoms with van der Waals surface area (Å²) in [7, 11) is 0. The van der Waals surface area contributed by atoms with Crippen LogP contribution in [0.1, 0.15) is 26.3 Å². The maximum Gasteiger partial charge on any atom is 0.268 e. The Bertz CT molecular complexity index is 2240. The zero-order valence-electron chi connectivity index (χ0n) is 23.5. The Morgan fingerprint density at radius 2 is 1.16 bits per heavy atom. The second-order valence-corrected chi connectivity index (χ2v) is 11.0. The molecule has 0 bridgehead atoms. The summed E-state index contributed by atoms with van der Waals surface area (Å²) >= 11 is 0. The highest BCUT2D eigenvalue weighted by atomic mass is 16.2. The van der Waals surface area contributed by atoms with Crippen molar-refractivity contribution in [1.82, 2.24) is 4.57 Å². The van der Waals surface area contributed by atoms with E-state index in [1.54, 1.807) is 6.07 Å². The number of hydrogen-bond acceptors (Lipinski definition) is 2. The second kappa shape index (κ2) is 9.68. The lowest BCUT2D eigenvalue weighted by atomic mass is 10.0. The molecule has 0 fully saturated rings. The van der Waals surface area contributed by atoms with Gasteiger partial charge < -0.3 is 4.57 Å². The number of benzene rings is 6. The van der Waals surface area contributed by atoms with Crippen molar-refractivity contribution in [2.24, 2.45) is 0 Å². The summed E-state index contributed by atoms with van der Waals surface area (Å²) in [6.07, 6.45) is 0. The van der Waals surface area contributed by atoms with Gasteiger partial charge in [-0.3, -0.25) is 9.59 Å². The minimum absolute atomic E-state index is 0.312. The number of rotatable bonds is 4. The molecule has 4 heteroatoms. The van der Waals surface area contributed by atoms with E-state index < -0.39 is 0 Å². The summed E-state index contributed by atoms with van der Waals surface area (Å²) in [5.41, 5.74) is 9.44. The molecule has 204 valence electrons. The van der Waals surface area contributed by atoms with Gasteiger partial charge in [0, 0.05) is 10.8 Å². The Hall–Kier alpha value is -5.74. The molecule has 7 aromatic rings. The van der Waals surface area contributed by atoms with Crippen LogP contribution in [0.5, 0.6) is 0 Å². The Morgan fingerprint density at radius 1 is 0.488 bits per heavy atom. The summed E-state index contributed by atoms with van der Waals surface area (Å²) < 4.78 is 2.14. The van der Waals surface area contributed by atoms with Gasteiger partial charge in [0.05, 0.1) is 33.5 Å². The van der Waals surface area contributed by atoms with Crippen LogP contribution in [0.4, 0.5) is 5.69 Å². The van der Waals surface area contributed by atoms with Crippen molar-refractivity contribution in [1.29, 1.82) is 0 Å². The van der Waals surface area contributed by atoms with Crippen LogP contribution < -0.4 is 4.90 Å². The van der Waals surface area contributed by atoms with Crippen LogP contribution in [0.2, 0.25) is 0 Å². The van der Waals surface area contributed by atoms with Crippen molar-refractivity contribution >= 4 is 39.3 Å². The summed E-state index contributed by atoms with van der Waals surface area (Å²) in [5.74, 6) is -0.630. The van der Waals surface area contributed by atoms with Crippen LogP contribution in [0.3, 0.4) is 0 Å². The maximum absolute atomic E-state index is 14.3. The molecule has 1 aliphatic rings. The summed E-state index contributed by atoms with van der Waals surface area (Å²) in [4.78, 5) is 29.4. The van der Waals surface area contributed by atoms with E-state index in [2.05, 4.69) is 66.1 Å². The van der Waals surface area contributed by atoms with E-state index in [-0.39, 0.29) is 11.8 Å². The number of nitrogens with zero attached hydrogens (tertiary/aromatic N) is 2. The Labute approximate surface area is 249 Å². The Morgan fingerprint density at radius 3 is 2.00 bits per heavy atom. The van der Waals surface area contributed by atoms with E-state index in [1.165, 1.54) is 10.5 Å². The molecule has 1 aliphatic heterocycles. The lowest BCUT2D eigenvalue weighted by molar-refractivity contribution is 0.0926. The zero-order chi connectivity index (χ0) is 29.1. The van der Waals surface area contributed by atoms with Crippen LogP contribution >= 0.6 is 0 Å². The SMILES string of the molecule is Cc1cccc(-c2ccc3c4ccccc4n(-c4cccc5c4C(=O)N(c4cccc(-c6ccccc6)c4)C5=O)c3c2)c1. The number of anilines is 1. The third-order valence-corrected chi connectivity index (χ3v) is 8.37. The molecule has 0 atom stereocenters. The van der Waals surface area contributed by atoms with E-state index in [9.17, 15) is 9.59 Å². The number of amides is 2. The Kier molecular flexibility index (Phi) is 5.63. The van der Waals surface area contributed by atoms with Crippen molar-refractivity contribution in [3.05, 3.63) is 156 Å². The molecule has 2 heterocycles. The lowest BCUT2D eigenvalue weighted by Gasteiger charge is -2.16. The van der Waals surface area contributed by atoms with Crippen molar-refractivity contribution in [3.63, 3.8) is 0 Å². The predicted octanol–water partition coefficient (Wildman–Crippen LogP) is 9.23. The van der Waals surface area contributed by atoms with E-state index in [1.807, 2.05) is 78.9 Å². The van der Waals surface area contributed by atoms with Gasteiger partial charge in [0.1, 0.15) is 0 Å². The fourth-order valence-electron chi connectivity index (χ4n) is 6.38. The van der Waals surface area contributed by atoms with Gasteiger partial charge in [-0.05, 0) is 65.6 Å². The molecule has 6 aromatic carbocycles. The molecular formula is C39H26N2O2. The normalized spacial score (nSPS) is 12.8. The first-order valence-electron chi connectivity index (χ1n) is 14.4. The fraction of sp³-hybridized carbons (Fsp3) is 0.0256. The molecule has 0 saturated heterocycles. The summed E-state index contributed by atoms with van der Waals surface area (Å²) in [6, 6.07) is 46.3. The number of carbonyl (C=O) groups is 2. The molecule has 0 saturated carbocycles. The molecule has 0 aliphatic carbocycles. The van der Waals surface area contributed by atoms with Crippen molar-refractivity contribution in [2.45, 2.75) is 6.92 Å². The zero-order valence-corrected chi connectivity index (χ0v) is 23.5. The van der Waals surface area contributed by atoms with Crippen LogP contribution in [0.25, 0.3) is 49.7 Å². The molecule has 2 amide bonds. The number of fused-ring (bicyclic) bond motifs is 4. The smallest absolute Gasteiger partial charge is 0.268 e. The first kappa shape index (κ1) is 25.0. The maximum atomic E-state index is 14.3. The van der Waals surface area contributed by atoms with Crippen molar-refractivity contribution in [2.75, 3.05) is 4.90 Å². The van der Waals surface area contributed by atoms with Crippen molar-refractivity contribution in [3.8, 4) is 27.9 Å². The largest absolute Gasteiger partial charge is 0.308 e. The van der Waals surface area contributed by atoms with Gasteiger partial charge in [-0.1, -0.05) is 109 Å². The van der Waals surface area contributed by atoms with Gasteiger partial charge in [-0.2, -0.15) is 0 Å². The summed E-state index contributed by atoms with van der Waals surface area (Å²) in [6.45, 7) is 2.09. The van der Waals surface area contributed by atoms with Gasteiger partial charge >= 0.3 is 0 Å². The molecule has 1 aromatic heterocycles. The van der Waals surface area contributed by atoms with E-state index >= 15 is 0 Å². The molecule has 0 radical (unpaired) electrons. The van der Waals surface area contributed by atoms with Crippen LogP contribution in [0.15, 0.2) is 140 Å². The Balaban J connectivity index is 1.32. The van der Waals surface area contributed by atoms with Gasteiger partial charge in [-0.25, -0.2) is 4.90 Å². The predicted molar refractivity (Wildman–Crippen MR) is 174 cm³/mol. The molecule has 0 N–H and O–H groups in total. The third kappa shape index (κ3) is 3.92. The lowest BCUT2D eigenvalue weighted by Crippen LogP contribution is -2.29. The highest BCUT2D eigenvalue weighted by Crippen LogP contribution is 2.39. The second-order valence-electron chi connectivity index (χ2n) is 11.0. The molecule has 43 heavy (non-hydrogen) atoms. The van der Waals surface area contributed by atoms with E-state index in [0.29, 0.717) is 22.5 Å². The van der Waals surface area contributed by atoms with Gasteiger partial charge in [0.25, 0.3) is 11.8 Å². The summed E-state index contributed by atoms with van der Waals surface area (Å²) in [5, 5.41) is 2.18. The number of hydrogen-bond donors (Lipinski definition) is 0. The average Bonchev–Trinajstić information content (AvgIpc) is 3.52. The fourth-order valence-corrected chi connectivity index (χ4v) is 6.38. The van der Waals surface area contributed by atoms with E-state index in [4.69, 9.17) is 0 Å². The first-order valence-corrected chi connectivity index (χ1v) is 14.4. The number of aryl methyl sites for hydroxylation is 1. The van der Waals surface area contributed by atoms with Crippen LogP contribution in [0, 0.1) is 6.92 Å². The molecule has 4 nitrogen and oxygen atoms in total. The number of carbonyl (C=O) groups excluding carboxylic acids is 2. The number of aromatic nitrogens is 1. The molecule has 8 rings (SSSR count). The highest BCUT2D eigenvalue weighted by molar-refractivity contribution is 6.36. The molecular weight excluding hydrogens is 528 g/mol. The molecule has 0 spiro atoms. The molecule has 0 unspecified atom stereocenters. The monoisotopic (exact) mass is 554 g/mol. The minimum atomic E-state index is -0.318. The topological polar surface area (TPSA) is 42.3 Å². The quantitative estimate of drug-likeness (QED) is 0.204. The van der Waals surface area contributed by atoms with Crippen LogP contribution in [-0.4, -0.2) is 16.4 Å². The standard InChI is InChI=1S/C39H26N2O2/c1-25-10-7-13-27(22-25)29-20-21-32-31-16-5-6-18-34(31)41(36(32)24-29)35-19-9-17-33-37(35)39(43)40(38(33)42)30-15-8-14-28(23-30)26-11-3-2-4-12-26/h2-24H,1H3. The van der Waals surface area contributed by atoms with Gasteiger partial charge in [-0.15, -0.1) is 0 Å². The first-order chi connectivity index (χ1) is 21.1. The average molecular weight is 555 g/mol. The third-order valence-electron chi connectivity index (χ3n) is 8.37. The number of para-hydroxylation sites is 1. The van der Waals surface area contributed by atoms with Gasteiger partial charge in [0.2, 0.25) is 0 Å². The minimum Gasteiger partial charge on any atom is -0.308 e. The number of imide groups is 1. The highest BCUT2D eigenvalue weighted by Gasteiger charge is 2.39. The van der Waals surface area contributed by atoms with Gasteiger partial charge in [0.15, 0.2) is 0 Å². The van der Waals surface area contributed by atoms with Crippen LogP contribution in [-0.2, 0) is 0 Å². The van der Waals surface area contributed by atoms with Crippen molar-refractivity contribution < 1.29 is 9.59 Å².